The van der Waals surface area contributed by atoms with Gasteiger partial charge in [-0.2, -0.15) is 15.1 Å². The molecule has 2 aromatic heterocycles. The van der Waals surface area contributed by atoms with Gasteiger partial charge in [-0.25, -0.2) is 9.18 Å². The number of benzene rings is 3. The standard InChI is InChI=1S/C44H45FN6O6/c1-6-24-7-9-25(10-8-24)21-54-40-36(34-23(2)30(45)18-31-29(34)19-46-49-31)35(26-11-12-26)39-37-38(40)47-42(56-28-13-15-53-16-14-28)48-41(37)51-27-17-32(33(51)22-55-39)50(20-27)43(52)57-44(3,4)5/h1,7-10,18-19,26-28,32-33H,11-17,20-22H2,2-5H3,(H,46,49)/t27?,32-,33?/m0/s1. The number of rotatable bonds is 7. The fraction of sp³-hybridized carbons (Fsp3) is 0.455. The highest BCUT2D eigenvalue weighted by Gasteiger charge is 2.55. The van der Waals surface area contributed by atoms with Crippen molar-refractivity contribution in [3.8, 4) is 41.0 Å². The van der Waals surface area contributed by atoms with Gasteiger partial charge in [-0.3, -0.25) is 5.10 Å². The summed E-state index contributed by atoms with van der Waals surface area (Å²) in [4.78, 5) is 28.2. The van der Waals surface area contributed by atoms with Crippen LogP contribution in [0.15, 0.2) is 36.5 Å². The van der Waals surface area contributed by atoms with Gasteiger partial charge in [-0.15, -0.1) is 6.42 Å². The topological polar surface area (TPSA) is 124 Å². The normalized spacial score (nSPS) is 21.6. The zero-order chi connectivity index (χ0) is 39.2. The Balaban J connectivity index is 1.22. The van der Waals surface area contributed by atoms with Gasteiger partial charge < -0.3 is 33.5 Å². The van der Waals surface area contributed by atoms with E-state index >= 15 is 4.39 Å². The van der Waals surface area contributed by atoms with Crippen molar-refractivity contribution >= 4 is 33.7 Å². The van der Waals surface area contributed by atoms with E-state index in [1.165, 1.54) is 6.07 Å². The van der Waals surface area contributed by atoms with E-state index in [-0.39, 0.29) is 54.7 Å². The second-order valence-corrected chi connectivity index (χ2v) is 16.9. The fourth-order valence-electron chi connectivity index (χ4n) is 9.20. The van der Waals surface area contributed by atoms with Crippen molar-refractivity contribution in [3.63, 3.8) is 0 Å². The third-order valence-electron chi connectivity index (χ3n) is 12.0. The highest BCUT2D eigenvalue weighted by molar-refractivity contribution is 6.09. The molecule has 5 aliphatic rings. The van der Waals surface area contributed by atoms with E-state index in [4.69, 9.17) is 40.1 Å². The average Bonchev–Trinajstić information content (AvgIpc) is 3.67. The van der Waals surface area contributed by atoms with Crippen LogP contribution in [0.2, 0.25) is 0 Å². The van der Waals surface area contributed by atoms with Crippen LogP contribution in [0.25, 0.3) is 32.9 Å². The Hall–Kier alpha value is -5.61. The Morgan fingerprint density at radius 1 is 1.09 bits per heavy atom. The summed E-state index contributed by atoms with van der Waals surface area (Å²) >= 11 is 0. The number of nitrogens with zero attached hydrogens (tertiary/aromatic N) is 5. The minimum atomic E-state index is -0.630. The van der Waals surface area contributed by atoms with Crippen molar-refractivity contribution in [2.75, 3.05) is 31.3 Å². The molecular weight excluding hydrogens is 728 g/mol. The van der Waals surface area contributed by atoms with E-state index in [0.29, 0.717) is 78.7 Å². The summed E-state index contributed by atoms with van der Waals surface area (Å²) in [5.74, 6) is 4.29. The number of hydrogen-bond donors (Lipinski definition) is 1. The van der Waals surface area contributed by atoms with Gasteiger partial charge in [0.15, 0.2) is 5.75 Å². The van der Waals surface area contributed by atoms with Crippen LogP contribution >= 0.6 is 0 Å². The number of H-pyrrole nitrogens is 1. The van der Waals surface area contributed by atoms with Crippen LogP contribution in [0.5, 0.6) is 17.5 Å². The van der Waals surface area contributed by atoms with E-state index in [1.807, 2.05) is 49.9 Å². The third kappa shape index (κ3) is 6.16. The Labute approximate surface area is 330 Å². The quantitative estimate of drug-likeness (QED) is 0.166. The molecule has 2 bridgehead atoms. The molecule has 3 aromatic carbocycles. The Bertz CT molecular complexity index is 2460. The van der Waals surface area contributed by atoms with Crippen LogP contribution in [0.4, 0.5) is 15.0 Å². The van der Waals surface area contributed by atoms with Gasteiger partial charge in [0.1, 0.15) is 47.8 Å². The monoisotopic (exact) mass is 772 g/mol. The predicted molar refractivity (Wildman–Crippen MR) is 211 cm³/mol. The summed E-state index contributed by atoms with van der Waals surface area (Å²) in [6.07, 6.45) is 11.0. The van der Waals surface area contributed by atoms with Crippen LogP contribution in [-0.2, 0) is 16.1 Å². The smallest absolute Gasteiger partial charge is 0.410 e. The lowest BCUT2D eigenvalue weighted by atomic mass is 9.88. The summed E-state index contributed by atoms with van der Waals surface area (Å²) in [5, 5.41) is 8.83. The molecule has 3 saturated heterocycles. The number of ether oxygens (including phenoxy) is 5. The Morgan fingerprint density at radius 3 is 2.61 bits per heavy atom. The second-order valence-electron chi connectivity index (χ2n) is 16.9. The minimum absolute atomic E-state index is 0.0461. The van der Waals surface area contributed by atoms with Gasteiger partial charge in [0.05, 0.1) is 48.4 Å². The molecule has 1 amide bonds. The van der Waals surface area contributed by atoms with E-state index in [1.54, 1.807) is 13.1 Å². The van der Waals surface area contributed by atoms with Crippen molar-refractivity contribution in [3.05, 3.63) is 64.6 Å². The first-order chi connectivity index (χ1) is 27.6. The van der Waals surface area contributed by atoms with Crippen molar-refractivity contribution < 1.29 is 32.9 Å². The average molecular weight is 773 g/mol. The number of piperazine rings is 1. The first kappa shape index (κ1) is 35.8. The molecule has 10 rings (SSSR count). The molecule has 1 saturated carbocycles. The molecule has 2 unspecified atom stereocenters. The molecule has 4 fully saturated rings. The highest BCUT2D eigenvalue weighted by Crippen LogP contribution is 2.59. The first-order valence-corrected chi connectivity index (χ1v) is 19.9. The maximum absolute atomic E-state index is 16.0. The summed E-state index contributed by atoms with van der Waals surface area (Å²) in [6, 6.07) is 8.97. The van der Waals surface area contributed by atoms with Gasteiger partial charge in [-0.05, 0) is 82.2 Å². The summed E-state index contributed by atoms with van der Waals surface area (Å²) in [5.41, 5.74) is 4.94. The van der Waals surface area contributed by atoms with Crippen LogP contribution in [0.1, 0.15) is 81.0 Å². The molecule has 1 aliphatic carbocycles. The Kier molecular flexibility index (Phi) is 8.48. The molecule has 3 atom stereocenters. The number of likely N-dealkylation sites (tertiary alicyclic amines) is 1. The van der Waals surface area contributed by atoms with Crippen LogP contribution in [0.3, 0.4) is 0 Å². The predicted octanol–water partition coefficient (Wildman–Crippen LogP) is 7.58. The van der Waals surface area contributed by atoms with E-state index in [0.717, 1.165) is 52.3 Å². The lowest BCUT2D eigenvalue weighted by Crippen LogP contribution is -2.57. The maximum atomic E-state index is 16.0. The third-order valence-corrected chi connectivity index (χ3v) is 12.0. The molecule has 294 valence electrons. The number of carbonyl (C=O) groups excluding carboxylic acids is 1. The lowest BCUT2D eigenvalue weighted by Gasteiger charge is -2.40. The van der Waals surface area contributed by atoms with Crippen molar-refractivity contribution in [1.29, 1.82) is 0 Å². The number of nitrogens with one attached hydrogen (secondary N) is 1. The highest BCUT2D eigenvalue weighted by atomic mass is 19.1. The van der Waals surface area contributed by atoms with Gasteiger partial charge in [0.2, 0.25) is 0 Å². The summed E-state index contributed by atoms with van der Waals surface area (Å²) in [7, 11) is 0. The van der Waals surface area contributed by atoms with E-state index in [9.17, 15) is 4.79 Å². The second kappa shape index (κ2) is 13.5. The number of hydrogen-bond acceptors (Lipinski definition) is 10. The molecule has 0 radical (unpaired) electrons. The number of halogens is 1. The van der Waals surface area contributed by atoms with Gasteiger partial charge in [0, 0.05) is 47.0 Å². The molecule has 57 heavy (non-hydrogen) atoms. The van der Waals surface area contributed by atoms with Crippen molar-refractivity contribution in [2.24, 2.45) is 0 Å². The van der Waals surface area contributed by atoms with Crippen molar-refractivity contribution in [1.82, 2.24) is 25.1 Å². The van der Waals surface area contributed by atoms with E-state index in [2.05, 4.69) is 21.0 Å². The molecule has 6 heterocycles. The molecule has 12 nitrogen and oxygen atoms in total. The summed E-state index contributed by atoms with van der Waals surface area (Å²) in [6.45, 7) is 9.59. The molecule has 4 aliphatic heterocycles. The van der Waals surface area contributed by atoms with Gasteiger partial charge >= 0.3 is 12.1 Å². The first-order valence-electron chi connectivity index (χ1n) is 19.9. The zero-order valence-electron chi connectivity index (χ0n) is 32.6. The van der Waals surface area contributed by atoms with Crippen LogP contribution in [-0.4, -0.2) is 87.4 Å². The molecule has 0 spiro atoms. The number of carbonyl (C=O) groups is 1. The number of amides is 1. The molecule has 5 aromatic rings. The van der Waals surface area contributed by atoms with E-state index < -0.39 is 5.60 Å². The number of aromatic nitrogens is 4. The van der Waals surface area contributed by atoms with Crippen LogP contribution < -0.4 is 19.1 Å². The molecular formula is C44H45FN6O6. The van der Waals surface area contributed by atoms with Gasteiger partial charge in [0.25, 0.3) is 0 Å². The molecule has 13 heteroatoms. The Morgan fingerprint density at radius 2 is 1.88 bits per heavy atom. The lowest BCUT2D eigenvalue weighted by molar-refractivity contribution is 0.0165. The van der Waals surface area contributed by atoms with Crippen molar-refractivity contribution in [2.45, 2.75) is 102 Å². The number of aromatic amines is 1. The number of fused-ring (bicyclic) bond motifs is 7. The minimum Gasteiger partial charge on any atom is -0.490 e. The van der Waals surface area contributed by atoms with Gasteiger partial charge in [-0.1, -0.05) is 18.1 Å². The summed E-state index contributed by atoms with van der Waals surface area (Å²) < 4.78 is 48.3. The van der Waals surface area contributed by atoms with Crippen LogP contribution in [0, 0.1) is 25.1 Å². The SMILES string of the molecule is C#Cc1ccc(COc2c(-c3c(C)c(F)cc4[nH]ncc34)c(C3CC3)c3c4c(nc(OC5CCOCC5)nc24)N2C4C[C@@H](C2CO3)N(C(=O)OC(C)(C)C)C4)cc1. The number of anilines is 1. The molecule has 1 N–H and O–H groups in total. The number of terminal acetylenes is 1. The maximum Gasteiger partial charge on any atom is 0.410 e. The fourth-order valence-corrected chi connectivity index (χ4v) is 9.20. The largest absolute Gasteiger partial charge is 0.490 e. The zero-order valence-corrected chi connectivity index (χ0v) is 32.6.